The summed E-state index contributed by atoms with van der Waals surface area (Å²) in [5.41, 5.74) is 2.16. The number of hydrogen-bond acceptors (Lipinski definition) is 4. The third kappa shape index (κ3) is 3.77. The van der Waals surface area contributed by atoms with Gasteiger partial charge in [-0.25, -0.2) is 0 Å². The summed E-state index contributed by atoms with van der Waals surface area (Å²) in [7, 11) is 3.13. The van der Waals surface area contributed by atoms with E-state index in [1.54, 1.807) is 20.1 Å². The van der Waals surface area contributed by atoms with Gasteiger partial charge in [-0.1, -0.05) is 36.4 Å². The van der Waals surface area contributed by atoms with E-state index in [4.69, 9.17) is 4.74 Å². The Morgan fingerprint density at radius 1 is 1.06 bits per heavy atom. The summed E-state index contributed by atoms with van der Waals surface area (Å²) in [6.45, 7) is 1.77. The van der Waals surface area contributed by atoms with Crippen LogP contribution < -0.4 is 15.0 Å². The van der Waals surface area contributed by atoms with Crippen LogP contribution in [0, 0.1) is 0 Å². The Hall–Kier alpha value is -3.87. The minimum Gasteiger partial charge on any atom is -0.497 e. The summed E-state index contributed by atoms with van der Waals surface area (Å²) in [5.74, 6) is -0.0817. The minimum absolute atomic E-state index is 0.149. The topological polar surface area (TPSA) is 79.0 Å². The smallest absolute Gasteiger partial charge is 0.259 e. The van der Waals surface area contributed by atoms with Crippen LogP contribution in [0.4, 0.5) is 5.69 Å². The van der Waals surface area contributed by atoms with E-state index in [0.29, 0.717) is 17.0 Å². The van der Waals surface area contributed by atoms with Gasteiger partial charge >= 0.3 is 0 Å². The van der Waals surface area contributed by atoms with Crippen LogP contribution in [0.5, 0.6) is 5.75 Å². The van der Waals surface area contributed by atoms with Crippen molar-refractivity contribution in [2.45, 2.75) is 19.5 Å². The van der Waals surface area contributed by atoms with Crippen molar-refractivity contribution in [1.82, 2.24) is 10.2 Å². The van der Waals surface area contributed by atoms with Gasteiger partial charge in [0.1, 0.15) is 18.3 Å². The summed E-state index contributed by atoms with van der Waals surface area (Å²) in [4.78, 5) is 41.9. The second kappa shape index (κ2) is 8.70. The van der Waals surface area contributed by atoms with E-state index in [2.05, 4.69) is 5.32 Å². The van der Waals surface area contributed by atoms with E-state index in [1.165, 1.54) is 16.8 Å². The second-order valence-electron chi connectivity index (χ2n) is 7.73. The normalized spacial score (nSPS) is 13.2. The van der Waals surface area contributed by atoms with Crippen LogP contribution in [0.1, 0.15) is 22.8 Å². The molecule has 0 spiro atoms. The molecule has 1 heterocycles. The van der Waals surface area contributed by atoms with Crippen LogP contribution >= 0.6 is 0 Å². The third-order valence-electron chi connectivity index (χ3n) is 5.87. The molecule has 0 fully saturated rings. The highest BCUT2D eigenvalue weighted by atomic mass is 16.5. The third-order valence-corrected chi connectivity index (χ3v) is 5.87. The molecule has 0 saturated carbocycles. The predicted octanol–water partition coefficient (Wildman–Crippen LogP) is 2.97. The van der Waals surface area contributed by atoms with Crippen LogP contribution in [0.15, 0.2) is 60.7 Å². The lowest BCUT2D eigenvalue weighted by molar-refractivity contribution is -0.139. The highest BCUT2D eigenvalue weighted by Gasteiger charge is 2.34. The number of anilines is 1. The Bertz CT molecular complexity index is 1180. The number of rotatable bonds is 7. The van der Waals surface area contributed by atoms with Crippen molar-refractivity contribution in [1.29, 1.82) is 0 Å². The molecular formula is C25H25N3O4. The van der Waals surface area contributed by atoms with E-state index in [1.807, 2.05) is 54.6 Å². The zero-order valence-electron chi connectivity index (χ0n) is 18.3. The van der Waals surface area contributed by atoms with Crippen LogP contribution in [0.2, 0.25) is 0 Å². The van der Waals surface area contributed by atoms with Crippen LogP contribution in [-0.4, -0.2) is 49.4 Å². The van der Waals surface area contributed by atoms with Crippen molar-refractivity contribution in [2.24, 2.45) is 0 Å². The predicted molar refractivity (Wildman–Crippen MR) is 123 cm³/mol. The summed E-state index contributed by atoms with van der Waals surface area (Å²) in [5, 5.41) is 4.41. The largest absolute Gasteiger partial charge is 0.497 e. The van der Waals surface area contributed by atoms with Gasteiger partial charge < -0.3 is 15.0 Å². The van der Waals surface area contributed by atoms with Gasteiger partial charge in [0.05, 0.1) is 12.8 Å². The molecule has 7 nitrogen and oxygen atoms in total. The van der Waals surface area contributed by atoms with Gasteiger partial charge in [0.25, 0.3) is 5.91 Å². The number of carbonyl (C=O) groups excluding carboxylic acids is 3. The van der Waals surface area contributed by atoms with Gasteiger partial charge in [0.2, 0.25) is 11.8 Å². The molecule has 0 aliphatic carbocycles. The molecule has 3 amide bonds. The van der Waals surface area contributed by atoms with E-state index in [9.17, 15) is 14.4 Å². The molecule has 164 valence electrons. The molecule has 0 aromatic heterocycles. The number of amides is 3. The SMILES string of the molecule is CNC(=O)[C@@H](C)N(Cc1ccc(OC)cc1)C(=O)CN1C(=O)c2cccc3cccc1c23. The van der Waals surface area contributed by atoms with Crippen LogP contribution in [-0.2, 0) is 16.1 Å². The maximum absolute atomic E-state index is 13.4. The molecule has 3 aromatic rings. The van der Waals surface area contributed by atoms with Gasteiger partial charge in [0, 0.05) is 24.5 Å². The molecular weight excluding hydrogens is 406 g/mol. The van der Waals surface area contributed by atoms with Crippen molar-refractivity contribution in [3.8, 4) is 5.75 Å². The minimum atomic E-state index is -0.703. The molecule has 0 unspecified atom stereocenters. The Balaban J connectivity index is 1.62. The quantitative estimate of drug-likeness (QED) is 0.624. The van der Waals surface area contributed by atoms with E-state index in [-0.39, 0.29) is 30.8 Å². The fourth-order valence-corrected chi connectivity index (χ4v) is 4.08. The number of nitrogens with zero attached hydrogens (tertiary/aromatic N) is 2. The number of ether oxygens (including phenoxy) is 1. The molecule has 0 saturated heterocycles. The lowest BCUT2D eigenvalue weighted by atomic mass is 10.1. The average Bonchev–Trinajstić information content (AvgIpc) is 3.09. The van der Waals surface area contributed by atoms with E-state index in [0.717, 1.165) is 16.3 Å². The number of benzene rings is 3. The first-order valence-electron chi connectivity index (χ1n) is 10.4. The summed E-state index contributed by atoms with van der Waals surface area (Å²) in [6.07, 6.45) is 0. The lowest BCUT2D eigenvalue weighted by Crippen LogP contribution is -2.50. The van der Waals surface area contributed by atoms with Gasteiger partial charge in [0.15, 0.2) is 0 Å². The maximum Gasteiger partial charge on any atom is 0.259 e. The fourth-order valence-electron chi connectivity index (χ4n) is 4.08. The Morgan fingerprint density at radius 2 is 1.75 bits per heavy atom. The highest BCUT2D eigenvalue weighted by Crippen LogP contribution is 2.37. The zero-order valence-corrected chi connectivity index (χ0v) is 18.3. The molecule has 7 heteroatoms. The van der Waals surface area contributed by atoms with Gasteiger partial charge in [-0.15, -0.1) is 0 Å². The molecule has 32 heavy (non-hydrogen) atoms. The monoisotopic (exact) mass is 431 g/mol. The summed E-state index contributed by atoms with van der Waals surface area (Å²) < 4.78 is 5.19. The highest BCUT2D eigenvalue weighted by molar-refractivity contribution is 6.26. The summed E-state index contributed by atoms with van der Waals surface area (Å²) in [6, 6.07) is 17.9. The first kappa shape index (κ1) is 21.4. The molecule has 1 aliphatic heterocycles. The summed E-state index contributed by atoms with van der Waals surface area (Å²) >= 11 is 0. The Morgan fingerprint density at radius 3 is 2.41 bits per heavy atom. The average molecular weight is 431 g/mol. The van der Waals surface area contributed by atoms with Crippen LogP contribution in [0.3, 0.4) is 0 Å². The van der Waals surface area contributed by atoms with E-state index < -0.39 is 6.04 Å². The Kier molecular flexibility index (Phi) is 5.81. The number of carbonyl (C=O) groups is 3. The molecule has 1 N–H and O–H groups in total. The van der Waals surface area contributed by atoms with Crippen molar-refractivity contribution >= 4 is 34.2 Å². The zero-order chi connectivity index (χ0) is 22.8. The molecule has 0 bridgehead atoms. The molecule has 4 rings (SSSR count). The first-order chi connectivity index (χ1) is 15.4. The number of nitrogens with one attached hydrogen (secondary N) is 1. The van der Waals surface area contributed by atoms with Gasteiger partial charge in [-0.2, -0.15) is 0 Å². The van der Waals surface area contributed by atoms with Crippen LogP contribution in [0.25, 0.3) is 10.8 Å². The van der Waals surface area contributed by atoms with E-state index >= 15 is 0 Å². The standard InChI is InChI=1S/C25H25N3O4/c1-16(24(30)26-2)27(14-17-10-12-19(32-3)13-11-17)22(29)15-28-21-9-5-7-18-6-4-8-20(23(18)21)25(28)31/h4-13,16H,14-15H2,1-3H3,(H,26,30)/t16-/m1/s1. The van der Waals surface area contributed by atoms with Crippen molar-refractivity contribution in [2.75, 3.05) is 25.6 Å². The lowest BCUT2D eigenvalue weighted by Gasteiger charge is -2.30. The maximum atomic E-state index is 13.4. The number of hydrogen-bond donors (Lipinski definition) is 1. The Labute approximate surface area is 186 Å². The van der Waals surface area contributed by atoms with Crippen molar-refractivity contribution in [3.63, 3.8) is 0 Å². The molecule has 0 radical (unpaired) electrons. The second-order valence-corrected chi connectivity index (χ2v) is 7.73. The number of likely N-dealkylation sites (N-methyl/N-ethyl adjacent to an activating group) is 1. The molecule has 1 atom stereocenters. The van der Waals surface area contributed by atoms with Gasteiger partial charge in [-0.3, -0.25) is 19.3 Å². The molecule has 1 aliphatic rings. The number of methoxy groups -OCH3 is 1. The van der Waals surface area contributed by atoms with Gasteiger partial charge in [-0.05, 0) is 42.1 Å². The molecule has 3 aromatic carbocycles. The fraction of sp³-hybridized carbons (Fsp3) is 0.240. The van der Waals surface area contributed by atoms with Crippen molar-refractivity contribution in [3.05, 3.63) is 71.8 Å². The first-order valence-corrected chi connectivity index (χ1v) is 10.4. The van der Waals surface area contributed by atoms with Crippen molar-refractivity contribution < 1.29 is 19.1 Å².